The first-order chi connectivity index (χ1) is 6.31. The Balaban J connectivity index is 3.11. The molecule has 0 aromatic heterocycles. The highest BCUT2D eigenvalue weighted by Gasteiger charge is 1.98. The van der Waals surface area contributed by atoms with Gasteiger partial charge in [-0.05, 0) is 25.8 Å². The average molecular weight is 188 g/mol. The van der Waals surface area contributed by atoms with Crippen LogP contribution in [0.4, 0.5) is 4.79 Å². The molecule has 4 heteroatoms. The Morgan fingerprint density at radius 2 is 2.15 bits per heavy atom. The number of carbonyl (C=O) groups is 1. The van der Waals surface area contributed by atoms with Crippen molar-refractivity contribution in [3.05, 3.63) is 0 Å². The van der Waals surface area contributed by atoms with E-state index in [0.717, 1.165) is 25.7 Å². The smallest absolute Gasteiger partial charge is 0.407 e. The predicted molar refractivity (Wildman–Crippen MR) is 52.5 cm³/mol. The van der Waals surface area contributed by atoms with Gasteiger partial charge in [-0.3, -0.25) is 0 Å². The first kappa shape index (κ1) is 12.2. The Hall–Kier alpha value is -0.770. The molecule has 0 saturated heterocycles. The minimum Gasteiger partial charge on any atom is -0.450 e. The van der Waals surface area contributed by atoms with Gasteiger partial charge in [0.25, 0.3) is 0 Å². The maximum atomic E-state index is 10.9. The van der Waals surface area contributed by atoms with Crippen molar-refractivity contribution < 1.29 is 9.53 Å². The van der Waals surface area contributed by atoms with Gasteiger partial charge >= 0.3 is 6.09 Å². The van der Waals surface area contributed by atoms with Gasteiger partial charge in [0.15, 0.2) is 0 Å². The summed E-state index contributed by atoms with van der Waals surface area (Å²) in [5, 5.41) is 2.66. The number of amides is 1. The lowest BCUT2D eigenvalue weighted by Crippen LogP contribution is -2.26. The van der Waals surface area contributed by atoms with Crippen molar-refractivity contribution in [3.8, 4) is 0 Å². The highest BCUT2D eigenvalue weighted by molar-refractivity contribution is 5.66. The summed E-state index contributed by atoms with van der Waals surface area (Å²) in [4.78, 5) is 10.9. The minimum absolute atomic E-state index is 0.314. The minimum atomic E-state index is -0.314. The molecule has 0 aromatic rings. The highest BCUT2D eigenvalue weighted by Crippen LogP contribution is 1.89. The Morgan fingerprint density at radius 1 is 1.38 bits per heavy atom. The number of carbonyl (C=O) groups excluding carboxylic acids is 1. The van der Waals surface area contributed by atoms with E-state index in [1.165, 1.54) is 0 Å². The molecule has 0 aromatic carbocycles. The zero-order valence-electron chi connectivity index (χ0n) is 8.34. The van der Waals surface area contributed by atoms with Crippen LogP contribution in [0.15, 0.2) is 0 Å². The van der Waals surface area contributed by atoms with Gasteiger partial charge in [-0.1, -0.05) is 13.3 Å². The fourth-order valence-corrected chi connectivity index (χ4v) is 0.820. The molecule has 78 valence electrons. The summed E-state index contributed by atoms with van der Waals surface area (Å²) in [5.74, 6) is 0. The molecule has 0 bridgehead atoms. The first-order valence-corrected chi connectivity index (χ1v) is 4.92. The van der Waals surface area contributed by atoms with Gasteiger partial charge in [0.1, 0.15) is 0 Å². The molecular weight excluding hydrogens is 168 g/mol. The molecule has 0 spiro atoms. The third-order valence-corrected chi connectivity index (χ3v) is 1.63. The molecular formula is C9H20N2O2. The van der Waals surface area contributed by atoms with Crippen LogP contribution in [0, 0.1) is 0 Å². The molecule has 0 radical (unpaired) electrons. The van der Waals surface area contributed by atoms with Crippen LogP contribution in [0.3, 0.4) is 0 Å². The lowest BCUT2D eigenvalue weighted by Gasteiger charge is -2.05. The van der Waals surface area contributed by atoms with Gasteiger partial charge in [-0.25, -0.2) is 4.79 Å². The van der Waals surface area contributed by atoms with Crippen molar-refractivity contribution in [2.75, 3.05) is 19.7 Å². The molecule has 0 rings (SSSR count). The SMILES string of the molecule is CCCCOC(=O)NCCCCN. The molecule has 0 heterocycles. The van der Waals surface area contributed by atoms with Crippen molar-refractivity contribution in [1.29, 1.82) is 0 Å². The van der Waals surface area contributed by atoms with Crippen molar-refractivity contribution >= 4 is 6.09 Å². The third-order valence-electron chi connectivity index (χ3n) is 1.63. The predicted octanol–water partition coefficient (Wildman–Crippen LogP) is 1.25. The number of rotatable bonds is 7. The fraction of sp³-hybridized carbons (Fsp3) is 0.889. The molecule has 3 N–H and O–H groups in total. The molecule has 0 fully saturated rings. The molecule has 0 unspecified atom stereocenters. The normalized spacial score (nSPS) is 9.69. The highest BCUT2D eigenvalue weighted by atomic mass is 16.5. The Labute approximate surface area is 79.8 Å². The van der Waals surface area contributed by atoms with Crippen LogP contribution >= 0.6 is 0 Å². The van der Waals surface area contributed by atoms with Crippen LogP contribution in [0.1, 0.15) is 32.6 Å². The third kappa shape index (κ3) is 9.14. The van der Waals surface area contributed by atoms with Gasteiger partial charge in [0.2, 0.25) is 0 Å². The molecule has 0 atom stereocenters. The number of nitrogens with two attached hydrogens (primary N) is 1. The van der Waals surface area contributed by atoms with Crippen LogP contribution in [0.2, 0.25) is 0 Å². The van der Waals surface area contributed by atoms with Crippen molar-refractivity contribution in [2.24, 2.45) is 5.73 Å². The second-order valence-electron chi connectivity index (χ2n) is 2.91. The van der Waals surface area contributed by atoms with Crippen LogP contribution in [0.5, 0.6) is 0 Å². The van der Waals surface area contributed by atoms with Crippen LogP contribution in [0.25, 0.3) is 0 Å². The van der Waals surface area contributed by atoms with Crippen LogP contribution in [-0.2, 0) is 4.74 Å². The quantitative estimate of drug-likeness (QED) is 0.591. The summed E-state index contributed by atoms with van der Waals surface area (Å²) in [7, 11) is 0. The Bertz CT molecular complexity index is 129. The van der Waals surface area contributed by atoms with Crippen molar-refractivity contribution in [2.45, 2.75) is 32.6 Å². The number of ether oxygens (including phenoxy) is 1. The zero-order chi connectivity index (χ0) is 9.94. The second-order valence-corrected chi connectivity index (χ2v) is 2.91. The lowest BCUT2D eigenvalue weighted by atomic mass is 10.3. The van der Waals surface area contributed by atoms with Gasteiger partial charge in [0, 0.05) is 6.54 Å². The van der Waals surface area contributed by atoms with E-state index in [4.69, 9.17) is 10.5 Å². The van der Waals surface area contributed by atoms with E-state index < -0.39 is 0 Å². The van der Waals surface area contributed by atoms with Crippen LogP contribution in [-0.4, -0.2) is 25.8 Å². The van der Waals surface area contributed by atoms with Gasteiger partial charge in [-0.2, -0.15) is 0 Å². The van der Waals surface area contributed by atoms with E-state index in [2.05, 4.69) is 12.2 Å². The van der Waals surface area contributed by atoms with Crippen molar-refractivity contribution in [3.63, 3.8) is 0 Å². The summed E-state index contributed by atoms with van der Waals surface area (Å²) in [6.45, 7) is 3.90. The average Bonchev–Trinajstić information content (AvgIpc) is 2.13. The van der Waals surface area contributed by atoms with E-state index in [9.17, 15) is 4.79 Å². The van der Waals surface area contributed by atoms with E-state index in [-0.39, 0.29) is 6.09 Å². The molecule has 0 aliphatic rings. The summed E-state index contributed by atoms with van der Waals surface area (Å²) >= 11 is 0. The maximum Gasteiger partial charge on any atom is 0.407 e. The zero-order valence-corrected chi connectivity index (χ0v) is 8.34. The molecule has 0 saturated carbocycles. The molecule has 13 heavy (non-hydrogen) atoms. The molecule has 4 nitrogen and oxygen atoms in total. The molecule has 0 aliphatic heterocycles. The maximum absolute atomic E-state index is 10.9. The number of nitrogens with one attached hydrogen (secondary N) is 1. The van der Waals surface area contributed by atoms with E-state index in [0.29, 0.717) is 19.7 Å². The first-order valence-electron chi connectivity index (χ1n) is 4.92. The summed E-state index contributed by atoms with van der Waals surface area (Å²) in [6.07, 6.45) is 3.51. The number of hydrogen-bond acceptors (Lipinski definition) is 3. The fourth-order valence-electron chi connectivity index (χ4n) is 0.820. The summed E-state index contributed by atoms with van der Waals surface area (Å²) in [6, 6.07) is 0. The van der Waals surface area contributed by atoms with Crippen LogP contribution < -0.4 is 11.1 Å². The topological polar surface area (TPSA) is 64.3 Å². The summed E-state index contributed by atoms with van der Waals surface area (Å²) in [5.41, 5.74) is 5.30. The molecule has 0 aliphatic carbocycles. The van der Waals surface area contributed by atoms with E-state index in [1.54, 1.807) is 0 Å². The second kappa shape index (κ2) is 9.32. The van der Waals surface area contributed by atoms with E-state index in [1.807, 2.05) is 0 Å². The largest absolute Gasteiger partial charge is 0.450 e. The Kier molecular flexibility index (Phi) is 8.77. The summed E-state index contributed by atoms with van der Waals surface area (Å²) < 4.78 is 4.88. The van der Waals surface area contributed by atoms with Gasteiger partial charge < -0.3 is 15.8 Å². The number of unbranched alkanes of at least 4 members (excludes halogenated alkanes) is 2. The van der Waals surface area contributed by atoms with E-state index >= 15 is 0 Å². The molecule has 1 amide bonds. The standard InChI is InChI=1S/C9H20N2O2/c1-2-3-8-13-9(12)11-7-5-4-6-10/h2-8,10H2,1H3,(H,11,12). The number of alkyl carbamates (subject to hydrolysis) is 1. The van der Waals surface area contributed by atoms with Gasteiger partial charge in [-0.15, -0.1) is 0 Å². The van der Waals surface area contributed by atoms with Gasteiger partial charge in [0.05, 0.1) is 6.61 Å². The number of hydrogen-bond donors (Lipinski definition) is 2. The Morgan fingerprint density at radius 3 is 2.77 bits per heavy atom. The monoisotopic (exact) mass is 188 g/mol. The lowest BCUT2D eigenvalue weighted by molar-refractivity contribution is 0.144. The van der Waals surface area contributed by atoms with Crippen molar-refractivity contribution in [1.82, 2.24) is 5.32 Å².